The van der Waals surface area contributed by atoms with Crippen LogP contribution in [0.4, 0.5) is 11.5 Å². The van der Waals surface area contributed by atoms with Crippen molar-refractivity contribution in [2.45, 2.75) is 39.2 Å². The van der Waals surface area contributed by atoms with E-state index in [0.717, 1.165) is 74.9 Å². The summed E-state index contributed by atoms with van der Waals surface area (Å²) in [5, 5.41) is 0. The zero-order chi connectivity index (χ0) is 19.1. The molecule has 2 N–H and O–H groups in total. The average Bonchev–Trinajstić information content (AvgIpc) is 3.17. The number of rotatable bonds is 2. The zero-order valence-corrected chi connectivity index (χ0v) is 16.6. The van der Waals surface area contributed by atoms with Crippen LogP contribution in [-0.2, 0) is 13.0 Å². The van der Waals surface area contributed by atoms with Gasteiger partial charge in [0.1, 0.15) is 11.5 Å². The summed E-state index contributed by atoms with van der Waals surface area (Å²) in [6.45, 7) is 6.64. The molecule has 0 amide bonds. The van der Waals surface area contributed by atoms with Crippen molar-refractivity contribution < 1.29 is 0 Å². The van der Waals surface area contributed by atoms with E-state index in [1.807, 2.05) is 6.20 Å². The monoisotopic (exact) mass is 376 g/mol. The first-order valence-corrected chi connectivity index (χ1v) is 10.4. The molecule has 0 bridgehead atoms. The molecule has 6 nitrogen and oxygen atoms in total. The van der Waals surface area contributed by atoms with E-state index in [2.05, 4.69) is 41.0 Å². The molecule has 0 spiro atoms. The van der Waals surface area contributed by atoms with Crippen molar-refractivity contribution in [3.8, 4) is 0 Å². The third kappa shape index (κ3) is 2.96. The zero-order valence-electron chi connectivity index (χ0n) is 16.6. The van der Waals surface area contributed by atoms with Crippen LogP contribution in [0.3, 0.4) is 0 Å². The number of hydrogen-bond acceptors (Lipinski definition) is 6. The van der Waals surface area contributed by atoms with Crippen molar-refractivity contribution in [2.75, 3.05) is 36.0 Å². The highest BCUT2D eigenvalue weighted by molar-refractivity contribution is 6.11. The number of hydrogen-bond donors (Lipinski definition) is 1. The predicted molar refractivity (Wildman–Crippen MR) is 113 cm³/mol. The summed E-state index contributed by atoms with van der Waals surface area (Å²) < 4.78 is 0. The van der Waals surface area contributed by atoms with E-state index in [1.165, 1.54) is 11.3 Å². The fourth-order valence-corrected chi connectivity index (χ4v) is 4.54. The van der Waals surface area contributed by atoms with E-state index in [-0.39, 0.29) is 5.41 Å². The second-order valence-corrected chi connectivity index (χ2v) is 8.55. The summed E-state index contributed by atoms with van der Waals surface area (Å²) in [6, 6.07) is 8.64. The summed E-state index contributed by atoms with van der Waals surface area (Å²) in [5.74, 6) is 1.96. The molecular weight excluding hydrogens is 348 g/mol. The summed E-state index contributed by atoms with van der Waals surface area (Å²) in [5.41, 5.74) is 10.8. The van der Waals surface area contributed by atoms with Gasteiger partial charge in [-0.2, -0.15) is 0 Å². The van der Waals surface area contributed by atoms with Crippen LogP contribution >= 0.6 is 0 Å². The molecule has 28 heavy (non-hydrogen) atoms. The van der Waals surface area contributed by atoms with E-state index < -0.39 is 0 Å². The predicted octanol–water partition coefficient (Wildman–Crippen LogP) is 2.75. The Morgan fingerprint density at radius 3 is 2.79 bits per heavy atom. The number of fused-ring (bicyclic) bond motifs is 2. The van der Waals surface area contributed by atoms with E-state index >= 15 is 0 Å². The summed E-state index contributed by atoms with van der Waals surface area (Å²) in [6.07, 6.45) is 6.42. The molecule has 3 aliphatic rings. The number of para-hydroxylation sites is 1. The smallest absolute Gasteiger partial charge is 0.156 e. The van der Waals surface area contributed by atoms with Crippen molar-refractivity contribution >= 4 is 17.3 Å². The second kappa shape index (κ2) is 6.85. The van der Waals surface area contributed by atoms with Gasteiger partial charge >= 0.3 is 0 Å². The number of benzene rings is 1. The topological polar surface area (TPSA) is 70.6 Å². The average molecular weight is 377 g/mol. The molecule has 146 valence electrons. The van der Waals surface area contributed by atoms with Crippen molar-refractivity contribution in [1.82, 2.24) is 9.97 Å². The van der Waals surface area contributed by atoms with E-state index in [1.54, 1.807) is 0 Å². The number of aryl methyl sites for hydroxylation is 1. The molecule has 1 aromatic carbocycles. The number of nitrogens with zero attached hydrogens (tertiary/aromatic N) is 5. The van der Waals surface area contributed by atoms with Gasteiger partial charge in [0.05, 0.1) is 18.4 Å². The quantitative estimate of drug-likeness (QED) is 0.873. The van der Waals surface area contributed by atoms with Crippen LogP contribution in [0.15, 0.2) is 35.5 Å². The van der Waals surface area contributed by atoms with Crippen molar-refractivity contribution in [2.24, 2.45) is 16.1 Å². The lowest BCUT2D eigenvalue weighted by atomic mass is 9.80. The molecular formula is C22H28N6. The lowest BCUT2D eigenvalue weighted by Crippen LogP contribution is -2.42. The van der Waals surface area contributed by atoms with Gasteiger partial charge in [-0.05, 0) is 49.3 Å². The molecule has 6 heteroatoms. The molecule has 0 saturated carbocycles. The Kier molecular flexibility index (Phi) is 4.31. The minimum atomic E-state index is 0.262. The van der Waals surface area contributed by atoms with Crippen LogP contribution in [-0.4, -0.2) is 42.0 Å². The van der Waals surface area contributed by atoms with Crippen LogP contribution in [0.5, 0.6) is 0 Å². The molecule has 0 unspecified atom stereocenters. The van der Waals surface area contributed by atoms with Crippen LogP contribution < -0.4 is 15.5 Å². The van der Waals surface area contributed by atoms with Crippen molar-refractivity contribution in [3.05, 3.63) is 47.4 Å². The number of piperidine rings is 1. The van der Waals surface area contributed by atoms with Gasteiger partial charge in [-0.15, -0.1) is 0 Å². The second-order valence-electron chi connectivity index (χ2n) is 8.55. The van der Waals surface area contributed by atoms with E-state index in [9.17, 15) is 0 Å². The highest BCUT2D eigenvalue weighted by Crippen LogP contribution is 2.33. The highest BCUT2D eigenvalue weighted by Gasteiger charge is 2.31. The van der Waals surface area contributed by atoms with Crippen LogP contribution in [0.1, 0.15) is 43.1 Å². The molecule has 1 saturated heterocycles. The molecule has 1 aromatic heterocycles. The lowest BCUT2D eigenvalue weighted by molar-refractivity contribution is 0.258. The number of anilines is 2. The van der Waals surface area contributed by atoms with Gasteiger partial charge in [-0.1, -0.05) is 25.1 Å². The summed E-state index contributed by atoms with van der Waals surface area (Å²) >= 11 is 0. The third-order valence-corrected chi connectivity index (χ3v) is 6.58. The van der Waals surface area contributed by atoms with Crippen LogP contribution in [0.2, 0.25) is 0 Å². The SMILES string of the molecule is CC1(CN)CCN(c2cnc3c(n2)CN=C3N2CCCc3ccccc32)CC1. The number of aromatic nitrogens is 2. The molecule has 5 rings (SSSR count). The highest BCUT2D eigenvalue weighted by atomic mass is 15.2. The first kappa shape index (κ1) is 17.6. The van der Waals surface area contributed by atoms with Gasteiger partial charge in [0, 0.05) is 25.3 Å². The summed E-state index contributed by atoms with van der Waals surface area (Å²) in [7, 11) is 0. The van der Waals surface area contributed by atoms with Gasteiger partial charge in [-0.25, -0.2) is 9.97 Å². The van der Waals surface area contributed by atoms with Crippen LogP contribution in [0.25, 0.3) is 0 Å². The largest absolute Gasteiger partial charge is 0.355 e. The Balaban J connectivity index is 1.38. The molecule has 3 aliphatic heterocycles. The molecule has 1 fully saturated rings. The maximum Gasteiger partial charge on any atom is 0.156 e. The molecule has 0 atom stereocenters. The molecule has 2 aromatic rings. The number of nitrogens with two attached hydrogens (primary N) is 1. The standard InChI is InChI=1S/C22H28N6/c1-22(15-23)8-11-27(12-9-22)19-14-24-20-17(26-19)13-25-21(20)28-10-4-6-16-5-2-3-7-18(16)28/h2-3,5,7,14H,4,6,8-13,15,23H2,1H3. The first-order chi connectivity index (χ1) is 13.7. The summed E-state index contributed by atoms with van der Waals surface area (Å²) in [4.78, 5) is 19.3. The van der Waals surface area contributed by atoms with E-state index in [0.29, 0.717) is 6.54 Å². The fourth-order valence-electron chi connectivity index (χ4n) is 4.54. The van der Waals surface area contributed by atoms with Gasteiger partial charge in [0.2, 0.25) is 0 Å². The maximum absolute atomic E-state index is 5.95. The molecule has 0 radical (unpaired) electrons. The van der Waals surface area contributed by atoms with Crippen LogP contribution in [0, 0.1) is 5.41 Å². The minimum absolute atomic E-state index is 0.262. The van der Waals surface area contributed by atoms with Gasteiger partial charge in [0.25, 0.3) is 0 Å². The first-order valence-electron chi connectivity index (χ1n) is 10.4. The van der Waals surface area contributed by atoms with Crippen molar-refractivity contribution in [3.63, 3.8) is 0 Å². The Labute approximate surface area is 166 Å². The van der Waals surface area contributed by atoms with Crippen molar-refractivity contribution in [1.29, 1.82) is 0 Å². The van der Waals surface area contributed by atoms with E-state index in [4.69, 9.17) is 20.7 Å². The van der Waals surface area contributed by atoms with Gasteiger partial charge in [0.15, 0.2) is 5.84 Å². The Hall–Kier alpha value is -2.47. The number of amidine groups is 1. The fraction of sp³-hybridized carbons (Fsp3) is 0.500. The maximum atomic E-state index is 5.95. The molecule has 4 heterocycles. The Morgan fingerprint density at radius 1 is 1.14 bits per heavy atom. The Bertz CT molecular complexity index is 913. The molecule has 0 aliphatic carbocycles. The van der Waals surface area contributed by atoms with Gasteiger partial charge < -0.3 is 15.5 Å². The lowest BCUT2D eigenvalue weighted by Gasteiger charge is -2.39. The third-order valence-electron chi connectivity index (χ3n) is 6.58. The van der Waals surface area contributed by atoms with Gasteiger partial charge in [-0.3, -0.25) is 4.99 Å². The Morgan fingerprint density at radius 2 is 1.96 bits per heavy atom. The number of aliphatic imine (C=N–C) groups is 1. The normalized spacial score (nSPS) is 20.6. The minimum Gasteiger partial charge on any atom is -0.355 e.